The van der Waals surface area contributed by atoms with Crippen LogP contribution in [0.4, 0.5) is 5.95 Å². The maximum atomic E-state index is 11.3. The second-order valence-electron chi connectivity index (χ2n) is 3.97. The SMILES string of the molecule is O=S1(=O)C=CC(Nc2nc3c(Br)cccn3n2)C1. The third kappa shape index (κ3) is 2.13. The van der Waals surface area contributed by atoms with Crippen LogP contribution in [0.2, 0.25) is 0 Å². The first-order chi connectivity index (χ1) is 8.53. The van der Waals surface area contributed by atoms with Gasteiger partial charge in [0.1, 0.15) is 0 Å². The van der Waals surface area contributed by atoms with E-state index in [-0.39, 0.29) is 11.8 Å². The lowest BCUT2D eigenvalue weighted by Crippen LogP contribution is -2.21. The van der Waals surface area contributed by atoms with Crippen LogP contribution >= 0.6 is 15.9 Å². The minimum Gasteiger partial charge on any atom is -0.346 e. The Morgan fingerprint density at radius 3 is 3.00 bits per heavy atom. The van der Waals surface area contributed by atoms with E-state index in [1.165, 1.54) is 5.41 Å². The zero-order valence-electron chi connectivity index (χ0n) is 9.12. The molecule has 1 aliphatic rings. The Labute approximate surface area is 112 Å². The van der Waals surface area contributed by atoms with Crippen LogP contribution in [-0.4, -0.2) is 34.8 Å². The molecule has 0 saturated heterocycles. The minimum atomic E-state index is -3.07. The van der Waals surface area contributed by atoms with E-state index in [2.05, 4.69) is 31.3 Å². The van der Waals surface area contributed by atoms with Crippen molar-refractivity contribution in [2.24, 2.45) is 0 Å². The van der Waals surface area contributed by atoms with Crippen molar-refractivity contribution in [2.45, 2.75) is 6.04 Å². The first-order valence-electron chi connectivity index (χ1n) is 5.22. The molecule has 3 rings (SSSR count). The molecule has 1 aliphatic heterocycles. The topological polar surface area (TPSA) is 76.4 Å². The van der Waals surface area contributed by atoms with Crippen molar-refractivity contribution in [3.8, 4) is 0 Å². The van der Waals surface area contributed by atoms with E-state index in [0.717, 1.165) is 4.47 Å². The summed E-state index contributed by atoms with van der Waals surface area (Å²) in [4.78, 5) is 4.29. The quantitative estimate of drug-likeness (QED) is 0.896. The number of sulfone groups is 1. The number of hydrogen-bond donors (Lipinski definition) is 1. The van der Waals surface area contributed by atoms with Crippen LogP contribution in [-0.2, 0) is 9.84 Å². The average Bonchev–Trinajstić information content (AvgIpc) is 2.83. The van der Waals surface area contributed by atoms with Crippen LogP contribution in [0.3, 0.4) is 0 Å². The molecule has 1 atom stereocenters. The number of hydrogen-bond acceptors (Lipinski definition) is 5. The molecule has 3 heterocycles. The van der Waals surface area contributed by atoms with Crippen molar-refractivity contribution in [3.63, 3.8) is 0 Å². The monoisotopic (exact) mass is 328 g/mol. The number of halogens is 1. The van der Waals surface area contributed by atoms with Crippen LogP contribution < -0.4 is 5.32 Å². The van der Waals surface area contributed by atoms with Crippen molar-refractivity contribution < 1.29 is 8.42 Å². The van der Waals surface area contributed by atoms with Gasteiger partial charge in [0.05, 0.1) is 16.3 Å². The zero-order chi connectivity index (χ0) is 12.8. The minimum absolute atomic E-state index is 0.0454. The summed E-state index contributed by atoms with van der Waals surface area (Å²) in [6.07, 6.45) is 3.38. The molecular formula is C10H9BrN4O2S. The van der Waals surface area contributed by atoms with E-state index in [1.807, 2.05) is 12.1 Å². The van der Waals surface area contributed by atoms with Gasteiger partial charge in [-0.25, -0.2) is 12.9 Å². The van der Waals surface area contributed by atoms with Gasteiger partial charge in [-0.3, -0.25) is 0 Å². The normalized spacial score (nSPS) is 21.5. The summed E-state index contributed by atoms with van der Waals surface area (Å²) < 4.78 is 25.0. The molecule has 18 heavy (non-hydrogen) atoms. The van der Waals surface area contributed by atoms with Gasteiger partial charge in [-0.1, -0.05) is 0 Å². The summed E-state index contributed by atoms with van der Waals surface area (Å²) in [6, 6.07) is 3.44. The summed E-state index contributed by atoms with van der Waals surface area (Å²) in [5, 5.41) is 8.42. The fourth-order valence-electron chi connectivity index (χ4n) is 1.77. The Hall–Kier alpha value is -1.41. The highest BCUT2D eigenvalue weighted by Gasteiger charge is 2.22. The van der Waals surface area contributed by atoms with Gasteiger partial charge in [-0.15, -0.1) is 5.10 Å². The molecule has 0 fully saturated rings. The second-order valence-corrected chi connectivity index (χ2v) is 6.75. The van der Waals surface area contributed by atoms with Gasteiger partial charge in [0.25, 0.3) is 0 Å². The lowest BCUT2D eigenvalue weighted by molar-refractivity contribution is 0.605. The maximum Gasteiger partial charge on any atom is 0.243 e. The van der Waals surface area contributed by atoms with Crippen molar-refractivity contribution in [3.05, 3.63) is 34.3 Å². The highest BCUT2D eigenvalue weighted by molar-refractivity contribution is 9.10. The summed E-state index contributed by atoms with van der Waals surface area (Å²) in [6.45, 7) is 0. The predicted octanol–water partition coefficient (Wildman–Crippen LogP) is 1.21. The van der Waals surface area contributed by atoms with E-state index in [4.69, 9.17) is 0 Å². The van der Waals surface area contributed by atoms with E-state index in [9.17, 15) is 8.42 Å². The van der Waals surface area contributed by atoms with Gasteiger partial charge in [0.15, 0.2) is 15.5 Å². The highest BCUT2D eigenvalue weighted by atomic mass is 79.9. The maximum absolute atomic E-state index is 11.3. The molecule has 0 spiro atoms. The van der Waals surface area contributed by atoms with Crippen molar-refractivity contribution in [1.29, 1.82) is 0 Å². The number of fused-ring (bicyclic) bond motifs is 1. The highest BCUT2D eigenvalue weighted by Crippen LogP contribution is 2.18. The molecular weight excluding hydrogens is 320 g/mol. The standard InChI is InChI=1S/C10H9BrN4O2S/c11-8-2-1-4-15-9(8)13-10(14-15)12-7-3-5-18(16,17)6-7/h1-5,7H,6H2,(H,12,14). The van der Waals surface area contributed by atoms with Crippen LogP contribution in [0.15, 0.2) is 34.3 Å². The predicted molar refractivity (Wildman–Crippen MR) is 71.0 cm³/mol. The fraction of sp³-hybridized carbons (Fsp3) is 0.200. The smallest absolute Gasteiger partial charge is 0.243 e. The Bertz CT molecular complexity index is 737. The number of nitrogens with zero attached hydrogens (tertiary/aromatic N) is 3. The molecule has 1 unspecified atom stereocenters. The Morgan fingerprint density at radius 1 is 1.50 bits per heavy atom. The molecule has 0 amide bonds. The zero-order valence-corrected chi connectivity index (χ0v) is 11.5. The third-order valence-corrected chi connectivity index (χ3v) is 4.57. The Balaban J connectivity index is 1.88. The Morgan fingerprint density at radius 2 is 2.33 bits per heavy atom. The molecule has 2 aromatic heterocycles. The number of aromatic nitrogens is 3. The van der Waals surface area contributed by atoms with Crippen molar-refractivity contribution >= 4 is 37.4 Å². The lowest BCUT2D eigenvalue weighted by Gasteiger charge is -2.05. The first kappa shape index (κ1) is 11.7. The Kier molecular flexibility index (Phi) is 2.63. The summed E-state index contributed by atoms with van der Waals surface area (Å²) in [5.74, 6) is 0.456. The molecule has 2 aromatic rings. The molecule has 0 radical (unpaired) electrons. The van der Waals surface area contributed by atoms with Gasteiger partial charge in [0.2, 0.25) is 5.95 Å². The number of rotatable bonds is 2. The molecule has 94 valence electrons. The molecule has 0 saturated carbocycles. The molecule has 0 aromatic carbocycles. The van der Waals surface area contributed by atoms with Crippen molar-refractivity contribution in [2.75, 3.05) is 11.1 Å². The van der Waals surface area contributed by atoms with Gasteiger partial charge in [-0.05, 0) is 34.1 Å². The molecule has 8 heteroatoms. The van der Waals surface area contributed by atoms with Gasteiger partial charge in [-0.2, -0.15) is 4.98 Å². The molecule has 1 N–H and O–H groups in total. The number of nitrogens with one attached hydrogen (secondary N) is 1. The van der Waals surface area contributed by atoms with E-state index < -0.39 is 9.84 Å². The van der Waals surface area contributed by atoms with Gasteiger partial charge >= 0.3 is 0 Å². The third-order valence-electron chi connectivity index (χ3n) is 2.56. The van der Waals surface area contributed by atoms with Crippen molar-refractivity contribution in [1.82, 2.24) is 14.6 Å². The van der Waals surface area contributed by atoms with Crippen LogP contribution in [0.25, 0.3) is 5.65 Å². The second kappa shape index (κ2) is 4.06. The van der Waals surface area contributed by atoms with Crippen LogP contribution in [0.1, 0.15) is 0 Å². The molecule has 0 bridgehead atoms. The van der Waals surface area contributed by atoms with E-state index >= 15 is 0 Å². The molecule has 0 aliphatic carbocycles. The number of anilines is 1. The largest absolute Gasteiger partial charge is 0.346 e. The molecule has 6 nitrogen and oxygen atoms in total. The fourth-order valence-corrected chi connectivity index (χ4v) is 3.42. The number of pyridine rings is 1. The van der Waals surface area contributed by atoms with Gasteiger partial charge < -0.3 is 5.32 Å². The van der Waals surface area contributed by atoms with E-state index in [1.54, 1.807) is 16.8 Å². The lowest BCUT2D eigenvalue weighted by atomic mass is 10.3. The average molecular weight is 329 g/mol. The summed E-state index contributed by atoms with van der Waals surface area (Å²) in [7, 11) is -3.07. The van der Waals surface area contributed by atoms with Crippen LogP contribution in [0.5, 0.6) is 0 Å². The summed E-state index contributed by atoms with van der Waals surface area (Å²) in [5.41, 5.74) is 0.685. The van der Waals surface area contributed by atoms with Gasteiger partial charge in [0, 0.05) is 11.6 Å². The van der Waals surface area contributed by atoms with E-state index in [0.29, 0.717) is 11.6 Å². The van der Waals surface area contributed by atoms with Crippen LogP contribution in [0, 0.1) is 0 Å². The first-order valence-corrected chi connectivity index (χ1v) is 7.73. The summed E-state index contributed by atoms with van der Waals surface area (Å²) >= 11 is 3.38.